The molecule has 0 radical (unpaired) electrons. The van der Waals surface area contributed by atoms with Gasteiger partial charge in [0.1, 0.15) is 0 Å². The smallest absolute Gasteiger partial charge is 0.237 e. The molecule has 2 heterocycles. The second-order valence-electron chi connectivity index (χ2n) is 7.60. The van der Waals surface area contributed by atoms with Crippen LogP contribution < -0.4 is 4.90 Å². The Hall–Kier alpha value is -1.93. The number of benzene rings is 1. The van der Waals surface area contributed by atoms with Gasteiger partial charge in [0.05, 0.1) is 18.1 Å². The fourth-order valence-electron chi connectivity index (χ4n) is 4.01. The quantitative estimate of drug-likeness (QED) is 0.656. The highest BCUT2D eigenvalue weighted by Crippen LogP contribution is 2.20. The molecular formula is C20H29N3O4S. The second kappa shape index (κ2) is 8.61. The molecule has 2 aliphatic heterocycles. The Balaban J connectivity index is 1.52. The minimum atomic E-state index is -3.00. The predicted octanol–water partition coefficient (Wildman–Crippen LogP) is 1.05. The predicted molar refractivity (Wildman–Crippen MR) is 110 cm³/mol. The molecule has 0 bridgehead atoms. The van der Waals surface area contributed by atoms with Crippen LogP contribution in [0.5, 0.6) is 0 Å². The summed E-state index contributed by atoms with van der Waals surface area (Å²) in [6.07, 6.45) is 0.548. The van der Waals surface area contributed by atoms with Crippen molar-refractivity contribution in [3.63, 3.8) is 0 Å². The van der Waals surface area contributed by atoms with Crippen LogP contribution in [0.4, 0.5) is 5.69 Å². The third kappa shape index (κ3) is 4.91. The number of sulfone groups is 1. The highest BCUT2D eigenvalue weighted by Gasteiger charge is 2.34. The molecule has 0 spiro atoms. The van der Waals surface area contributed by atoms with Crippen LogP contribution in [-0.4, -0.2) is 86.7 Å². The molecule has 2 saturated heterocycles. The molecule has 7 nitrogen and oxygen atoms in total. The first-order valence-electron chi connectivity index (χ1n) is 9.87. The maximum absolute atomic E-state index is 12.7. The number of Topliss-reactive ketones (excluding diaryl/α,β-unsaturated/α-hetero) is 1. The molecule has 1 amide bonds. The van der Waals surface area contributed by atoms with Gasteiger partial charge in [-0.2, -0.15) is 0 Å². The lowest BCUT2D eigenvalue weighted by molar-refractivity contribution is -0.134. The Morgan fingerprint density at radius 3 is 2.25 bits per heavy atom. The van der Waals surface area contributed by atoms with E-state index >= 15 is 0 Å². The molecule has 1 aromatic carbocycles. The lowest BCUT2D eigenvalue weighted by atomic mass is 10.1. The standard InChI is InChI=1S/C20H29N3O4S/c1-3-23(19-8-13-28(26,27)15-19)20(25)14-21-9-11-22(12-10-21)18-6-4-17(5-7-18)16(2)24/h4-7,19H,3,8-15H2,1-2H3/t19-/m1/s1. The Kier molecular flexibility index (Phi) is 6.40. The number of hydrogen-bond acceptors (Lipinski definition) is 6. The van der Waals surface area contributed by atoms with Crippen LogP contribution in [0.3, 0.4) is 0 Å². The van der Waals surface area contributed by atoms with Crippen LogP contribution in [0.25, 0.3) is 0 Å². The molecule has 1 aromatic rings. The number of hydrogen-bond donors (Lipinski definition) is 0. The molecule has 1 atom stereocenters. The van der Waals surface area contributed by atoms with Gasteiger partial charge in [0.15, 0.2) is 15.6 Å². The van der Waals surface area contributed by atoms with E-state index in [1.165, 1.54) is 0 Å². The van der Waals surface area contributed by atoms with E-state index < -0.39 is 9.84 Å². The van der Waals surface area contributed by atoms with Gasteiger partial charge in [-0.3, -0.25) is 14.5 Å². The SMILES string of the molecule is CCN(C(=O)CN1CCN(c2ccc(C(C)=O)cc2)CC1)[C@@H]1CCS(=O)(=O)C1. The van der Waals surface area contributed by atoms with Gasteiger partial charge in [0.25, 0.3) is 0 Å². The molecule has 2 fully saturated rings. The number of amides is 1. The fraction of sp³-hybridized carbons (Fsp3) is 0.600. The highest BCUT2D eigenvalue weighted by molar-refractivity contribution is 7.91. The monoisotopic (exact) mass is 407 g/mol. The van der Waals surface area contributed by atoms with Gasteiger partial charge in [0, 0.05) is 50.0 Å². The minimum absolute atomic E-state index is 0.0175. The van der Waals surface area contributed by atoms with Crippen LogP contribution in [-0.2, 0) is 14.6 Å². The van der Waals surface area contributed by atoms with Gasteiger partial charge in [-0.25, -0.2) is 8.42 Å². The zero-order valence-corrected chi connectivity index (χ0v) is 17.5. The number of anilines is 1. The largest absolute Gasteiger partial charge is 0.369 e. The van der Waals surface area contributed by atoms with E-state index in [1.54, 1.807) is 11.8 Å². The van der Waals surface area contributed by atoms with E-state index in [0.29, 0.717) is 25.1 Å². The molecule has 154 valence electrons. The lowest BCUT2D eigenvalue weighted by Gasteiger charge is -2.37. The molecule has 0 unspecified atom stereocenters. The van der Waals surface area contributed by atoms with Crippen LogP contribution in [0.2, 0.25) is 0 Å². The summed E-state index contributed by atoms with van der Waals surface area (Å²) in [5.74, 6) is 0.355. The molecule has 2 aliphatic rings. The molecule has 0 N–H and O–H groups in total. The number of rotatable bonds is 6. The summed E-state index contributed by atoms with van der Waals surface area (Å²) in [4.78, 5) is 30.3. The van der Waals surface area contributed by atoms with Crippen molar-refractivity contribution >= 4 is 27.2 Å². The van der Waals surface area contributed by atoms with Crippen LogP contribution in [0.1, 0.15) is 30.6 Å². The maximum atomic E-state index is 12.7. The van der Waals surface area contributed by atoms with Gasteiger partial charge in [-0.05, 0) is 44.5 Å². The van der Waals surface area contributed by atoms with Gasteiger partial charge in [-0.1, -0.05) is 0 Å². The summed E-state index contributed by atoms with van der Waals surface area (Å²) < 4.78 is 23.5. The normalized spacial score (nSPS) is 22.2. The molecule has 8 heteroatoms. The molecule has 3 rings (SSSR count). The van der Waals surface area contributed by atoms with Crippen molar-refractivity contribution in [1.29, 1.82) is 0 Å². The van der Waals surface area contributed by atoms with Crippen LogP contribution in [0.15, 0.2) is 24.3 Å². The Morgan fingerprint density at radius 2 is 1.75 bits per heavy atom. The topological polar surface area (TPSA) is 78.0 Å². The Morgan fingerprint density at radius 1 is 1.11 bits per heavy atom. The van der Waals surface area contributed by atoms with E-state index in [4.69, 9.17) is 0 Å². The van der Waals surface area contributed by atoms with E-state index in [9.17, 15) is 18.0 Å². The minimum Gasteiger partial charge on any atom is -0.369 e. The molecule has 28 heavy (non-hydrogen) atoms. The first-order chi connectivity index (χ1) is 13.3. The lowest BCUT2D eigenvalue weighted by Crippen LogP contribution is -2.51. The van der Waals surface area contributed by atoms with E-state index in [0.717, 1.165) is 31.9 Å². The summed E-state index contributed by atoms with van der Waals surface area (Å²) in [7, 11) is -3.00. The average molecular weight is 408 g/mol. The maximum Gasteiger partial charge on any atom is 0.237 e. The highest BCUT2D eigenvalue weighted by atomic mass is 32.2. The zero-order chi connectivity index (χ0) is 20.3. The Bertz CT molecular complexity index is 814. The number of piperazine rings is 1. The molecule has 0 aromatic heterocycles. The third-order valence-electron chi connectivity index (χ3n) is 5.68. The van der Waals surface area contributed by atoms with E-state index in [1.807, 2.05) is 31.2 Å². The first-order valence-corrected chi connectivity index (χ1v) is 11.7. The molecule has 0 saturated carbocycles. The summed E-state index contributed by atoms with van der Waals surface area (Å²) in [5.41, 5.74) is 1.80. The van der Waals surface area contributed by atoms with Gasteiger partial charge >= 0.3 is 0 Å². The van der Waals surface area contributed by atoms with Crippen molar-refractivity contribution in [1.82, 2.24) is 9.80 Å². The number of carbonyl (C=O) groups excluding carboxylic acids is 2. The average Bonchev–Trinajstić information content (AvgIpc) is 3.02. The Labute approximate surface area is 167 Å². The molecule has 0 aliphatic carbocycles. The number of likely N-dealkylation sites (N-methyl/N-ethyl adjacent to an activating group) is 1. The van der Waals surface area contributed by atoms with Crippen molar-refractivity contribution in [3.8, 4) is 0 Å². The summed E-state index contributed by atoms with van der Waals surface area (Å²) in [6.45, 7) is 7.54. The fourth-order valence-corrected chi connectivity index (χ4v) is 5.74. The van der Waals surface area contributed by atoms with E-state index in [-0.39, 0.29) is 29.2 Å². The zero-order valence-electron chi connectivity index (χ0n) is 16.6. The number of ketones is 1. The van der Waals surface area contributed by atoms with E-state index in [2.05, 4.69) is 9.80 Å². The van der Waals surface area contributed by atoms with Crippen molar-refractivity contribution < 1.29 is 18.0 Å². The summed E-state index contributed by atoms with van der Waals surface area (Å²) >= 11 is 0. The number of nitrogens with zero attached hydrogens (tertiary/aromatic N) is 3. The first kappa shape index (κ1) is 20.8. The number of carbonyl (C=O) groups is 2. The van der Waals surface area contributed by atoms with Gasteiger partial charge in [-0.15, -0.1) is 0 Å². The van der Waals surface area contributed by atoms with Crippen molar-refractivity contribution in [3.05, 3.63) is 29.8 Å². The van der Waals surface area contributed by atoms with Crippen molar-refractivity contribution in [2.24, 2.45) is 0 Å². The van der Waals surface area contributed by atoms with Gasteiger partial charge < -0.3 is 9.80 Å². The second-order valence-corrected chi connectivity index (χ2v) is 9.83. The third-order valence-corrected chi connectivity index (χ3v) is 7.43. The van der Waals surface area contributed by atoms with Crippen LogP contribution >= 0.6 is 0 Å². The van der Waals surface area contributed by atoms with Crippen molar-refractivity contribution in [2.45, 2.75) is 26.3 Å². The van der Waals surface area contributed by atoms with Crippen molar-refractivity contribution in [2.75, 3.05) is 55.7 Å². The van der Waals surface area contributed by atoms with Crippen LogP contribution in [0, 0.1) is 0 Å². The molecular weight excluding hydrogens is 378 g/mol. The van der Waals surface area contributed by atoms with Gasteiger partial charge in [0.2, 0.25) is 5.91 Å². The summed E-state index contributed by atoms with van der Waals surface area (Å²) in [6, 6.07) is 7.46. The summed E-state index contributed by atoms with van der Waals surface area (Å²) in [5, 5.41) is 0.